The van der Waals surface area contributed by atoms with Gasteiger partial charge in [-0.05, 0) is 55.7 Å². The molecule has 0 aliphatic heterocycles. The van der Waals surface area contributed by atoms with E-state index in [1.165, 1.54) is 6.92 Å². The minimum atomic E-state index is -0.139. The predicted octanol–water partition coefficient (Wildman–Crippen LogP) is 4.06. The number of amides is 2. The molecule has 0 unspecified atom stereocenters. The van der Waals surface area contributed by atoms with Gasteiger partial charge in [0.2, 0.25) is 11.8 Å². The lowest BCUT2D eigenvalue weighted by Crippen LogP contribution is -2.15. The number of aryl methyl sites for hydroxylation is 1. The number of carbonyl (C=O) groups excluding carboxylic acids is 2. The minimum absolute atomic E-state index is 0.0732. The Morgan fingerprint density at radius 2 is 1.68 bits per heavy atom. The van der Waals surface area contributed by atoms with Gasteiger partial charge in [-0.3, -0.25) is 9.59 Å². The zero-order valence-electron chi connectivity index (χ0n) is 14.9. The van der Waals surface area contributed by atoms with Gasteiger partial charge in [0.25, 0.3) is 0 Å². The van der Waals surface area contributed by atoms with Crippen LogP contribution >= 0.6 is 0 Å². The van der Waals surface area contributed by atoms with Gasteiger partial charge < -0.3 is 15.4 Å². The smallest absolute Gasteiger partial charge is 0.224 e. The minimum Gasteiger partial charge on any atom is -0.494 e. The fourth-order valence-electron chi connectivity index (χ4n) is 2.44. The third-order valence-corrected chi connectivity index (χ3v) is 3.73. The van der Waals surface area contributed by atoms with Crippen LogP contribution in [-0.4, -0.2) is 18.4 Å². The van der Waals surface area contributed by atoms with Crippen LogP contribution in [0.25, 0.3) is 0 Å². The Morgan fingerprint density at radius 3 is 2.36 bits per heavy atom. The molecule has 132 valence electrons. The Bertz CT molecular complexity index is 756. The van der Waals surface area contributed by atoms with Gasteiger partial charge in [-0.1, -0.05) is 18.2 Å². The van der Waals surface area contributed by atoms with E-state index in [2.05, 4.69) is 10.6 Å². The van der Waals surface area contributed by atoms with Crippen molar-refractivity contribution in [1.82, 2.24) is 0 Å². The number of ether oxygens (including phenoxy) is 1. The quantitative estimate of drug-likeness (QED) is 0.747. The summed E-state index contributed by atoms with van der Waals surface area (Å²) in [5, 5.41) is 5.64. The zero-order chi connectivity index (χ0) is 18.2. The Balaban J connectivity index is 1.81. The van der Waals surface area contributed by atoms with E-state index in [-0.39, 0.29) is 11.8 Å². The van der Waals surface area contributed by atoms with Crippen LogP contribution in [-0.2, 0) is 9.59 Å². The lowest BCUT2D eigenvalue weighted by Gasteiger charge is -2.13. The summed E-state index contributed by atoms with van der Waals surface area (Å²) in [5.74, 6) is 0.607. The molecule has 0 bridgehead atoms. The normalized spacial score (nSPS) is 10.2. The maximum atomic E-state index is 12.1. The third-order valence-electron chi connectivity index (χ3n) is 3.73. The molecule has 0 aliphatic carbocycles. The lowest BCUT2D eigenvalue weighted by atomic mass is 10.1. The van der Waals surface area contributed by atoms with Crippen LogP contribution in [0.3, 0.4) is 0 Å². The second kappa shape index (κ2) is 8.87. The van der Waals surface area contributed by atoms with Gasteiger partial charge in [0, 0.05) is 24.7 Å². The number of hydrogen-bond donors (Lipinski definition) is 2. The molecule has 5 heteroatoms. The number of nitrogens with one attached hydrogen (secondary N) is 2. The monoisotopic (exact) mass is 340 g/mol. The van der Waals surface area contributed by atoms with E-state index in [4.69, 9.17) is 4.74 Å². The molecular formula is C20H24N2O3. The summed E-state index contributed by atoms with van der Waals surface area (Å²) in [5.41, 5.74) is 3.38. The van der Waals surface area contributed by atoms with E-state index in [0.717, 1.165) is 16.9 Å². The topological polar surface area (TPSA) is 67.4 Å². The lowest BCUT2D eigenvalue weighted by molar-refractivity contribution is -0.116. The third kappa shape index (κ3) is 5.95. The molecule has 0 spiro atoms. The van der Waals surface area contributed by atoms with Crippen molar-refractivity contribution in [2.24, 2.45) is 0 Å². The molecule has 0 saturated heterocycles. The largest absolute Gasteiger partial charge is 0.494 e. The summed E-state index contributed by atoms with van der Waals surface area (Å²) in [7, 11) is 0. The number of rotatable bonds is 7. The van der Waals surface area contributed by atoms with E-state index in [9.17, 15) is 9.59 Å². The first-order valence-corrected chi connectivity index (χ1v) is 8.32. The van der Waals surface area contributed by atoms with Gasteiger partial charge in [0.1, 0.15) is 5.75 Å². The zero-order valence-corrected chi connectivity index (χ0v) is 14.9. The summed E-state index contributed by atoms with van der Waals surface area (Å²) in [6, 6.07) is 13.3. The average molecular weight is 340 g/mol. The molecule has 0 radical (unpaired) electrons. The summed E-state index contributed by atoms with van der Waals surface area (Å²) >= 11 is 0. The Labute approximate surface area is 148 Å². The van der Waals surface area contributed by atoms with E-state index >= 15 is 0 Å². The van der Waals surface area contributed by atoms with Gasteiger partial charge in [0.05, 0.1) is 6.61 Å². The molecular weight excluding hydrogens is 316 g/mol. The molecule has 0 heterocycles. The van der Waals surface area contributed by atoms with Crippen LogP contribution in [0.5, 0.6) is 5.75 Å². The Kier molecular flexibility index (Phi) is 6.57. The van der Waals surface area contributed by atoms with Crippen molar-refractivity contribution in [2.75, 3.05) is 17.2 Å². The fraction of sp³-hybridized carbons (Fsp3) is 0.300. The van der Waals surface area contributed by atoms with Gasteiger partial charge in [0.15, 0.2) is 0 Å². The van der Waals surface area contributed by atoms with Gasteiger partial charge >= 0.3 is 0 Å². The van der Waals surface area contributed by atoms with Crippen LogP contribution in [0.4, 0.5) is 11.4 Å². The van der Waals surface area contributed by atoms with Crippen LogP contribution < -0.4 is 15.4 Å². The number of hydrogen-bond acceptors (Lipinski definition) is 3. The molecule has 0 saturated carbocycles. The highest BCUT2D eigenvalue weighted by molar-refractivity contribution is 5.95. The molecule has 2 aromatic carbocycles. The van der Waals surface area contributed by atoms with Crippen molar-refractivity contribution in [2.45, 2.75) is 33.6 Å². The molecule has 2 N–H and O–H groups in total. The fourth-order valence-corrected chi connectivity index (χ4v) is 2.44. The van der Waals surface area contributed by atoms with E-state index < -0.39 is 0 Å². The van der Waals surface area contributed by atoms with Crippen molar-refractivity contribution in [1.29, 1.82) is 0 Å². The van der Waals surface area contributed by atoms with Crippen molar-refractivity contribution in [3.8, 4) is 5.75 Å². The Hall–Kier alpha value is -2.82. The van der Waals surface area contributed by atoms with E-state index in [1.807, 2.05) is 50.2 Å². The van der Waals surface area contributed by atoms with Crippen LogP contribution in [0, 0.1) is 13.8 Å². The summed E-state index contributed by atoms with van der Waals surface area (Å²) in [6.07, 6.45) is 1.000. The molecule has 0 atom stereocenters. The summed E-state index contributed by atoms with van der Waals surface area (Å²) < 4.78 is 5.65. The second-order valence-electron chi connectivity index (χ2n) is 5.98. The number of carbonyl (C=O) groups is 2. The standard InChI is InChI=1S/C20H24N2O3/c1-14-7-4-8-17(13-14)25-12-6-11-20(24)22-19-10-5-9-18(15(19)2)21-16(3)23/h4-5,7-10,13H,6,11-12H2,1-3H3,(H,21,23)(H,22,24). The molecule has 0 aromatic heterocycles. The van der Waals surface area contributed by atoms with Gasteiger partial charge in [-0.2, -0.15) is 0 Å². The first kappa shape index (κ1) is 18.5. The van der Waals surface area contributed by atoms with Crippen LogP contribution in [0.15, 0.2) is 42.5 Å². The highest BCUT2D eigenvalue weighted by atomic mass is 16.5. The van der Waals surface area contributed by atoms with Crippen LogP contribution in [0.1, 0.15) is 30.9 Å². The van der Waals surface area contributed by atoms with Gasteiger partial charge in [-0.25, -0.2) is 0 Å². The molecule has 25 heavy (non-hydrogen) atoms. The number of anilines is 2. The van der Waals surface area contributed by atoms with Crippen molar-refractivity contribution in [3.05, 3.63) is 53.6 Å². The number of benzene rings is 2. The highest BCUT2D eigenvalue weighted by Gasteiger charge is 2.08. The van der Waals surface area contributed by atoms with Crippen molar-refractivity contribution < 1.29 is 14.3 Å². The second-order valence-corrected chi connectivity index (χ2v) is 5.98. The molecule has 0 aliphatic rings. The first-order chi connectivity index (χ1) is 12.0. The maximum absolute atomic E-state index is 12.1. The molecule has 2 amide bonds. The van der Waals surface area contributed by atoms with Crippen LogP contribution in [0.2, 0.25) is 0 Å². The first-order valence-electron chi connectivity index (χ1n) is 8.32. The molecule has 5 nitrogen and oxygen atoms in total. The Morgan fingerprint density at radius 1 is 1.00 bits per heavy atom. The molecule has 2 aromatic rings. The summed E-state index contributed by atoms with van der Waals surface area (Å²) in [4.78, 5) is 23.3. The molecule has 0 fully saturated rings. The van der Waals surface area contributed by atoms with E-state index in [0.29, 0.717) is 30.8 Å². The maximum Gasteiger partial charge on any atom is 0.224 e. The van der Waals surface area contributed by atoms with Crippen molar-refractivity contribution >= 4 is 23.2 Å². The average Bonchev–Trinajstić information content (AvgIpc) is 2.55. The highest BCUT2D eigenvalue weighted by Crippen LogP contribution is 2.23. The summed E-state index contributed by atoms with van der Waals surface area (Å²) in [6.45, 7) is 5.82. The predicted molar refractivity (Wildman–Crippen MR) is 100 cm³/mol. The van der Waals surface area contributed by atoms with Gasteiger partial charge in [-0.15, -0.1) is 0 Å². The van der Waals surface area contributed by atoms with Crippen molar-refractivity contribution in [3.63, 3.8) is 0 Å². The van der Waals surface area contributed by atoms with E-state index in [1.54, 1.807) is 6.07 Å². The molecule has 2 rings (SSSR count). The SMILES string of the molecule is CC(=O)Nc1cccc(NC(=O)CCCOc2cccc(C)c2)c1C.